The first-order valence-corrected chi connectivity index (χ1v) is 8.26. The van der Waals surface area contributed by atoms with Crippen LogP contribution in [0.1, 0.15) is 62.9 Å². The second-order valence-electron chi connectivity index (χ2n) is 4.34. The molecule has 1 atom stereocenters. The summed E-state index contributed by atoms with van der Waals surface area (Å²) in [5, 5.41) is 9.99. The summed E-state index contributed by atoms with van der Waals surface area (Å²) in [6.07, 6.45) is 8.03. The molecular formula is C13H20BrClOS. The molecule has 0 bridgehead atoms. The minimum Gasteiger partial charge on any atom is -0.388 e. The van der Waals surface area contributed by atoms with Crippen LogP contribution in [-0.2, 0) is 0 Å². The van der Waals surface area contributed by atoms with E-state index in [-0.39, 0.29) is 6.10 Å². The molecule has 1 heterocycles. The van der Waals surface area contributed by atoms with Gasteiger partial charge in [-0.3, -0.25) is 0 Å². The molecule has 0 aliphatic heterocycles. The fraction of sp³-hybridized carbons (Fsp3) is 0.692. The van der Waals surface area contributed by atoms with Gasteiger partial charge in [-0.1, -0.05) is 57.0 Å². The maximum atomic E-state index is 9.99. The lowest BCUT2D eigenvalue weighted by molar-refractivity contribution is 0.167. The van der Waals surface area contributed by atoms with E-state index in [1.165, 1.54) is 43.4 Å². The number of rotatable bonds is 8. The van der Waals surface area contributed by atoms with E-state index in [4.69, 9.17) is 11.6 Å². The van der Waals surface area contributed by atoms with Gasteiger partial charge >= 0.3 is 0 Å². The quantitative estimate of drug-likeness (QED) is 0.580. The molecule has 1 nitrogen and oxygen atoms in total. The van der Waals surface area contributed by atoms with Crippen LogP contribution in [0, 0.1) is 0 Å². The summed E-state index contributed by atoms with van der Waals surface area (Å²) in [6.45, 7) is 2.22. The van der Waals surface area contributed by atoms with Gasteiger partial charge in [0.15, 0.2) is 0 Å². The van der Waals surface area contributed by atoms with Gasteiger partial charge in [-0.25, -0.2) is 0 Å². The molecular weight excluding hydrogens is 320 g/mol. The van der Waals surface area contributed by atoms with Crippen molar-refractivity contribution in [1.29, 1.82) is 0 Å². The van der Waals surface area contributed by atoms with E-state index < -0.39 is 0 Å². The molecule has 0 aliphatic rings. The molecule has 98 valence electrons. The number of aliphatic hydroxyl groups excluding tert-OH is 1. The average Bonchev–Trinajstić information content (AvgIpc) is 2.64. The molecule has 0 fully saturated rings. The van der Waals surface area contributed by atoms with Crippen LogP contribution in [0.2, 0.25) is 4.34 Å². The maximum Gasteiger partial charge on any atom is 0.107 e. The Morgan fingerprint density at radius 1 is 1.29 bits per heavy atom. The van der Waals surface area contributed by atoms with E-state index in [0.29, 0.717) is 0 Å². The van der Waals surface area contributed by atoms with Gasteiger partial charge in [0.05, 0.1) is 6.10 Å². The van der Waals surface area contributed by atoms with Crippen LogP contribution in [0.4, 0.5) is 0 Å². The van der Waals surface area contributed by atoms with E-state index in [1.54, 1.807) is 0 Å². The number of hydrogen-bond donors (Lipinski definition) is 1. The molecule has 1 rings (SSSR count). The van der Waals surface area contributed by atoms with Crippen molar-refractivity contribution in [2.75, 3.05) is 0 Å². The predicted molar refractivity (Wildman–Crippen MR) is 80.0 cm³/mol. The van der Waals surface area contributed by atoms with Gasteiger partial charge in [0.25, 0.3) is 0 Å². The molecule has 0 aromatic carbocycles. The van der Waals surface area contributed by atoms with E-state index in [2.05, 4.69) is 22.9 Å². The molecule has 0 amide bonds. The average molecular weight is 340 g/mol. The van der Waals surface area contributed by atoms with Crippen molar-refractivity contribution < 1.29 is 5.11 Å². The van der Waals surface area contributed by atoms with Gasteiger partial charge in [-0.2, -0.15) is 0 Å². The molecule has 1 unspecified atom stereocenters. The molecule has 0 radical (unpaired) electrons. The van der Waals surface area contributed by atoms with Crippen LogP contribution in [0.15, 0.2) is 10.5 Å². The Balaban J connectivity index is 2.19. The normalized spacial score (nSPS) is 12.9. The fourth-order valence-corrected chi connectivity index (χ4v) is 3.54. The third kappa shape index (κ3) is 5.73. The van der Waals surface area contributed by atoms with Crippen LogP contribution in [0.5, 0.6) is 0 Å². The Labute approximate surface area is 121 Å². The van der Waals surface area contributed by atoms with E-state index in [0.717, 1.165) is 26.5 Å². The van der Waals surface area contributed by atoms with Gasteiger partial charge in [-0.15, -0.1) is 11.3 Å². The van der Waals surface area contributed by atoms with Gasteiger partial charge in [0.1, 0.15) is 4.34 Å². The van der Waals surface area contributed by atoms with Crippen molar-refractivity contribution >= 4 is 38.9 Å². The molecule has 0 saturated carbocycles. The van der Waals surface area contributed by atoms with E-state index in [1.807, 2.05) is 6.07 Å². The summed E-state index contributed by atoms with van der Waals surface area (Å²) in [5.74, 6) is 0. The number of thiophene rings is 1. The summed E-state index contributed by atoms with van der Waals surface area (Å²) in [5.41, 5.74) is 0. The second kappa shape index (κ2) is 8.52. The number of unbranched alkanes of at least 4 members (excludes halogenated alkanes) is 5. The number of halogens is 2. The SMILES string of the molecule is CCCCCCCCC(O)c1cc(Br)c(Cl)s1. The van der Waals surface area contributed by atoms with Crippen LogP contribution >= 0.6 is 38.9 Å². The third-order valence-corrected chi connectivity index (χ3v) is 5.40. The molecule has 4 heteroatoms. The predicted octanol–water partition coefficient (Wildman–Crippen LogP) is 5.95. The minimum absolute atomic E-state index is 0.352. The molecule has 1 N–H and O–H groups in total. The first kappa shape index (κ1) is 15.5. The van der Waals surface area contributed by atoms with Gasteiger partial charge in [0, 0.05) is 9.35 Å². The monoisotopic (exact) mass is 338 g/mol. The summed E-state index contributed by atoms with van der Waals surface area (Å²) in [7, 11) is 0. The van der Waals surface area contributed by atoms with Crippen molar-refractivity contribution in [1.82, 2.24) is 0 Å². The summed E-state index contributed by atoms with van der Waals surface area (Å²) in [6, 6.07) is 1.93. The lowest BCUT2D eigenvalue weighted by Gasteiger charge is -2.07. The topological polar surface area (TPSA) is 20.2 Å². The highest BCUT2D eigenvalue weighted by Crippen LogP contribution is 2.36. The molecule has 0 saturated heterocycles. The lowest BCUT2D eigenvalue weighted by atomic mass is 10.1. The van der Waals surface area contributed by atoms with Gasteiger partial charge < -0.3 is 5.11 Å². The van der Waals surface area contributed by atoms with Crippen molar-refractivity contribution in [3.63, 3.8) is 0 Å². The summed E-state index contributed by atoms with van der Waals surface area (Å²) in [4.78, 5) is 0.968. The Morgan fingerprint density at radius 2 is 1.94 bits per heavy atom. The lowest BCUT2D eigenvalue weighted by Crippen LogP contribution is -1.94. The zero-order chi connectivity index (χ0) is 12.7. The van der Waals surface area contributed by atoms with E-state index >= 15 is 0 Å². The van der Waals surface area contributed by atoms with Gasteiger partial charge in [-0.05, 0) is 28.4 Å². The first-order valence-electron chi connectivity index (χ1n) is 6.28. The van der Waals surface area contributed by atoms with Crippen LogP contribution in [-0.4, -0.2) is 5.11 Å². The van der Waals surface area contributed by atoms with Crippen molar-refractivity contribution in [3.05, 3.63) is 19.8 Å². The van der Waals surface area contributed by atoms with Crippen LogP contribution in [0.3, 0.4) is 0 Å². The highest BCUT2D eigenvalue weighted by Gasteiger charge is 2.12. The number of hydrogen-bond acceptors (Lipinski definition) is 2. The van der Waals surface area contributed by atoms with Crippen molar-refractivity contribution in [2.45, 2.75) is 58.0 Å². The van der Waals surface area contributed by atoms with Crippen LogP contribution in [0.25, 0.3) is 0 Å². The highest BCUT2D eigenvalue weighted by molar-refractivity contribution is 9.10. The second-order valence-corrected chi connectivity index (χ2v) is 6.88. The molecule has 1 aromatic heterocycles. The number of aliphatic hydroxyl groups is 1. The Morgan fingerprint density at radius 3 is 2.53 bits per heavy atom. The molecule has 17 heavy (non-hydrogen) atoms. The fourth-order valence-electron chi connectivity index (χ4n) is 1.79. The largest absolute Gasteiger partial charge is 0.388 e. The van der Waals surface area contributed by atoms with Crippen molar-refractivity contribution in [3.8, 4) is 0 Å². The maximum absolute atomic E-state index is 9.99. The Bertz CT molecular complexity index is 308. The first-order chi connectivity index (χ1) is 8.15. The van der Waals surface area contributed by atoms with Gasteiger partial charge in [0.2, 0.25) is 0 Å². The zero-order valence-electron chi connectivity index (χ0n) is 10.2. The standard InChI is InChI=1S/C13H20BrClOS/c1-2-3-4-5-6-7-8-11(16)12-9-10(14)13(15)17-12/h9,11,16H,2-8H2,1H3. The Hall–Kier alpha value is 0.430. The highest BCUT2D eigenvalue weighted by atomic mass is 79.9. The van der Waals surface area contributed by atoms with Crippen LogP contribution < -0.4 is 0 Å². The van der Waals surface area contributed by atoms with E-state index in [9.17, 15) is 5.11 Å². The third-order valence-electron chi connectivity index (χ3n) is 2.82. The summed E-state index contributed by atoms with van der Waals surface area (Å²) < 4.78 is 1.61. The molecule has 1 aromatic rings. The smallest absolute Gasteiger partial charge is 0.107 e. The van der Waals surface area contributed by atoms with Crippen molar-refractivity contribution in [2.24, 2.45) is 0 Å². The minimum atomic E-state index is -0.352. The zero-order valence-corrected chi connectivity index (χ0v) is 13.4. The Kier molecular flexibility index (Phi) is 7.76. The molecule has 0 aliphatic carbocycles. The molecule has 0 spiro atoms. The summed E-state index contributed by atoms with van der Waals surface area (Å²) >= 11 is 10.8.